The fourth-order valence-electron chi connectivity index (χ4n) is 1.97. The summed E-state index contributed by atoms with van der Waals surface area (Å²) in [5, 5.41) is 5.62. The number of rotatable bonds is 5. The second kappa shape index (κ2) is 8.77. The Kier molecular flexibility index (Phi) is 6.43. The molecule has 0 saturated carbocycles. The highest BCUT2D eigenvalue weighted by atomic mass is 79.9. The van der Waals surface area contributed by atoms with Crippen molar-refractivity contribution in [2.45, 2.75) is 9.99 Å². The number of furan rings is 1. The van der Waals surface area contributed by atoms with Gasteiger partial charge in [-0.3, -0.25) is 4.79 Å². The first-order valence-electron chi connectivity index (χ1n) is 7.33. The third-order valence-electron chi connectivity index (χ3n) is 3.18. The molecule has 3 rings (SSSR count). The second-order valence-electron chi connectivity index (χ2n) is 5.02. The summed E-state index contributed by atoms with van der Waals surface area (Å²) >= 11 is 16.8. The number of benzene rings is 2. The molecule has 2 aromatic carbocycles. The fraction of sp³-hybridized carbons (Fsp3) is 0. The molecule has 3 aromatic rings. The van der Waals surface area contributed by atoms with Gasteiger partial charge < -0.3 is 4.42 Å². The maximum Gasteiger partial charge on any atom is 0.272 e. The molecule has 0 radical (unpaired) electrons. The Bertz CT molecular complexity index is 958. The van der Waals surface area contributed by atoms with E-state index in [-0.39, 0.29) is 0 Å². The van der Waals surface area contributed by atoms with Crippen molar-refractivity contribution < 1.29 is 9.21 Å². The summed E-state index contributed by atoms with van der Waals surface area (Å²) in [6, 6.07) is 15.9. The average molecular weight is 470 g/mol. The van der Waals surface area contributed by atoms with E-state index in [0.29, 0.717) is 26.5 Å². The lowest BCUT2D eigenvalue weighted by atomic mass is 10.2. The Hall–Kier alpha value is -1.73. The summed E-state index contributed by atoms with van der Waals surface area (Å²) < 4.78 is 6.50. The zero-order valence-electron chi connectivity index (χ0n) is 13.1. The van der Waals surface area contributed by atoms with Gasteiger partial charge in [0, 0.05) is 16.0 Å². The molecule has 1 amide bonds. The number of halogens is 3. The molecule has 0 bridgehead atoms. The van der Waals surface area contributed by atoms with Crippen LogP contribution in [-0.4, -0.2) is 12.1 Å². The predicted molar refractivity (Wildman–Crippen MR) is 108 cm³/mol. The van der Waals surface area contributed by atoms with Crippen molar-refractivity contribution in [2.75, 3.05) is 0 Å². The van der Waals surface area contributed by atoms with Crippen molar-refractivity contribution in [1.29, 1.82) is 0 Å². The number of hydrogen-bond donors (Lipinski definition) is 1. The number of nitrogens with one attached hydrogen (secondary N) is 1. The van der Waals surface area contributed by atoms with Crippen LogP contribution < -0.4 is 5.43 Å². The number of hydrazone groups is 1. The quantitative estimate of drug-likeness (QED) is 0.354. The van der Waals surface area contributed by atoms with Crippen molar-refractivity contribution in [3.63, 3.8) is 0 Å². The van der Waals surface area contributed by atoms with Crippen LogP contribution in [0.3, 0.4) is 0 Å². The number of hydrogen-bond acceptors (Lipinski definition) is 4. The Morgan fingerprint density at radius 1 is 1.15 bits per heavy atom. The molecule has 1 aromatic heterocycles. The van der Waals surface area contributed by atoms with Crippen molar-refractivity contribution >= 4 is 63.0 Å². The summed E-state index contributed by atoms with van der Waals surface area (Å²) in [6.45, 7) is 0. The van der Waals surface area contributed by atoms with Crippen molar-refractivity contribution in [3.05, 3.63) is 80.4 Å². The van der Waals surface area contributed by atoms with Gasteiger partial charge >= 0.3 is 0 Å². The van der Waals surface area contributed by atoms with E-state index in [1.54, 1.807) is 30.3 Å². The van der Waals surface area contributed by atoms with Crippen LogP contribution in [0.1, 0.15) is 16.1 Å². The normalized spacial score (nSPS) is 11.0. The highest BCUT2D eigenvalue weighted by Gasteiger charge is 2.11. The van der Waals surface area contributed by atoms with Crippen LogP contribution in [0.4, 0.5) is 0 Å². The van der Waals surface area contributed by atoms with E-state index < -0.39 is 5.91 Å². The molecule has 0 aliphatic rings. The molecule has 0 atom stereocenters. The highest BCUT2D eigenvalue weighted by molar-refractivity contribution is 9.10. The van der Waals surface area contributed by atoms with E-state index in [9.17, 15) is 4.79 Å². The molecule has 8 heteroatoms. The fourth-order valence-corrected chi connectivity index (χ4v) is 3.65. The molecule has 0 aliphatic heterocycles. The number of carbonyl (C=O) groups is 1. The topological polar surface area (TPSA) is 54.6 Å². The first-order chi connectivity index (χ1) is 12.5. The van der Waals surface area contributed by atoms with Gasteiger partial charge in [-0.15, -0.1) is 0 Å². The largest absolute Gasteiger partial charge is 0.447 e. The second-order valence-corrected chi connectivity index (χ2v) is 7.76. The van der Waals surface area contributed by atoms with Crippen LogP contribution >= 0.6 is 50.9 Å². The van der Waals surface area contributed by atoms with Crippen molar-refractivity contribution in [3.8, 4) is 0 Å². The summed E-state index contributed by atoms with van der Waals surface area (Å²) in [5.41, 5.74) is 2.77. The molecule has 0 saturated heterocycles. The number of amides is 1. The first-order valence-corrected chi connectivity index (χ1v) is 9.70. The van der Waals surface area contributed by atoms with Crippen molar-refractivity contribution in [1.82, 2.24) is 5.43 Å². The van der Waals surface area contributed by atoms with Crippen LogP contribution in [-0.2, 0) is 0 Å². The number of nitrogens with zero attached hydrogens (tertiary/aromatic N) is 1. The first kappa shape index (κ1) is 19.0. The summed E-state index contributed by atoms with van der Waals surface area (Å²) in [5.74, 6) is 0.0982. The standard InChI is InChI=1S/C18H11BrCl2N2O2S/c19-15-9-12(25-18(15)26-13-7-5-11(20)6-8-13)10-22-23-17(24)14-3-1-2-4-16(14)21/h1-10H,(H,23,24)/b22-10-. The average Bonchev–Trinajstić information content (AvgIpc) is 2.96. The third-order valence-corrected chi connectivity index (χ3v) is 5.60. The van der Waals surface area contributed by atoms with Gasteiger partial charge in [0.1, 0.15) is 5.76 Å². The van der Waals surface area contributed by atoms with Gasteiger partial charge in [-0.05, 0) is 52.3 Å². The Labute approximate surface area is 172 Å². The van der Waals surface area contributed by atoms with E-state index in [0.717, 1.165) is 9.37 Å². The molecule has 1 heterocycles. The zero-order chi connectivity index (χ0) is 18.5. The molecule has 0 unspecified atom stereocenters. The molecule has 1 N–H and O–H groups in total. The van der Waals surface area contributed by atoms with E-state index in [1.165, 1.54) is 18.0 Å². The molecule has 26 heavy (non-hydrogen) atoms. The van der Waals surface area contributed by atoms with Gasteiger partial charge in [-0.2, -0.15) is 5.10 Å². The zero-order valence-corrected chi connectivity index (χ0v) is 17.0. The lowest BCUT2D eigenvalue weighted by Crippen LogP contribution is -2.17. The monoisotopic (exact) mass is 468 g/mol. The van der Waals surface area contributed by atoms with Gasteiger partial charge in [0.2, 0.25) is 0 Å². The maximum atomic E-state index is 12.0. The summed E-state index contributed by atoms with van der Waals surface area (Å²) in [7, 11) is 0. The molecule has 4 nitrogen and oxygen atoms in total. The lowest BCUT2D eigenvalue weighted by Gasteiger charge is -2.01. The Balaban J connectivity index is 1.65. The van der Waals surface area contributed by atoms with Gasteiger partial charge in [0.05, 0.1) is 21.3 Å². The van der Waals surface area contributed by atoms with E-state index in [1.807, 2.05) is 24.3 Å². The van der Waals surface area contributed by atoms with E-state index >= 15 is 0 Å². The minimum Gasteiger partial charge on any atom is -0.447 e. The van der Waals surface area contributed by atoms with E-state index in [2.05, 4.69) is 26.5 Å². The molecule has 0 spiro atoms. The van der Waals surface area contributed by atoms with E-state index in [4.69, 9.17) is 27.6 Å². The number of carbonyl (C=O) groups excluding carboxylic acids is 1. The van der Waals surface area contributed by atoms with Gasteiger partial charge in [0.15, 0.2) is 5.09 Å². The minimum absolute atomic E-state index is 0.353. The molecule has 132 valence electrons. The molecular formula is C18H11BrCl2N2O2S. The highest BCUT2D eigenvalue weighted by Crippen LogP contribution is 2.35. The maximum absolute atomic E-state index is 12.0. The third kappa shape index (κ3) is 4.92. The lowest BCUT2D eigenvalue weighted by molar-refractivity contribution is 0.0955. The van der Waals surface area contributed by atoms with Crippen LogP contribution in [0.25, 0.3) is 0 Å². The predicted octanol–water partition coefficient (Wildman–Crippen LogP) is 6.26. The molecule has 0 aliphatic carbocycles. The van der Waals surface area contributed by atoms with Gasteiger partial charge in [-0.1, -0.05) is 47.1 Å². The smallest absolute Gasteiger partial charge is 0.272 e. The molecular weight excluding hydrogens is 459 g/mol. The molecule has 0 fully saturated rings. The van der Waals surface area contributed by atoms with Crippen LogP contribution in [0.15, 0.2) is 78.6 Å². The Morgan fingerprint density at radius 3 is 2.62 bits per heavy atom. The Morgan fingerprint density at radius 2 is 1.88 bits per heavy atom. The van der Waals surface area contributed by atoms with Crippen LogP contribution in [0.5, 0.6) is 0 Å². The van der Waals surface area contributed by atoms with Gasteiger partial charge in [0.25, 0.3) is 5.91 Å². The van der Waals surface area contributed by atoms with Crippen LogP contribution in [0, 0.1) is 0 Å². The summed E-state index contributed by atoms with van der Waals surface area (Å²) in [6.07, 6.45) is 1.42. The van der Waals surface area contributed by atoms with Crippen molar-refractivity contribution in [2.24, 2.45) is 5.10 Å². The minimum atomic E-state index is -0.395. The summed E-state index contributed by atoms with van der Waals surface area (Å²) in [4.78, 5) is 13.0. The van der Waals surface area contributed by atoms with Crippen LogP contribution in [0.2, 0.25) is 10.0 Å². The van der Waals surface area contributed by atoms with Gasteiger partial charge in [-0.25, -0.2) is 5.43 Å². The SMILES string of the molecule is O=C(N/N=C\c1cc(Br)c(Sc2ccc(Cl)cc2)o1)c1ccccc1Cl.